The first-order valence-corrected chi connectivity index (χ1v) is 13.2. The summed E-state index contributed by atoms with van der Waals surface area (Å²) in [6, 6.07) is 23.6. The molecule has 3 aromatic carbocycles. The number of guanidine groups is 1. The zero-order valence-electron chi connectivity index (χ0n) is 22.4. The Hall–Kier alpha value is -4.12. The molecule has 0 unspecified atom stereocenters. The number of hydrogen-bond donors (Lipinski definition) is 5. The topological polar surface area (TPSA) is 129 Å². The van der Waals surface area contributed by atoms with Gasteiger partial charge in [-0.05, 0) is 49.4 Å². The number of benzene rings is 3. The van der Waals surface area contributed by atoms with Crippen LogP contribution in [-0.2, 0) is 9.47 Å². The number of anilines is 2. The van der Waals surface area contributed by atoms with Crippen molar-refractivity contribution < 1.29 is 19.4 Å². The lowest BCUT2D eigenvalue weighted by Crippen LogP contribution is -2.35. The standard InChI is InChI=1S/C29H35ClN6O4/c1-22(31-14-16-39-18-19-40-17-15-32-28(38)23-8-4-2-5-9-23)35-29(34-21-33-24-10-6-3-7-11-24)36-25-12-13-27(37)26(30)20-25/h2-13,20,33,37H,14-19,21H2,1H3,(H,32,38)(H2,31,34,35,36). The summed E-state index contributed by atoms with van der Waals surface area (Å²) in [6.45, 7) is 4.71. The van der Waals surface area contributed by atoms with Crippen molar-refractivity contribution >= 4 is 40.7 Å². The fourth-order valence-electron chi connectivity index (χ4n) is 3.34. The highest BCUT2D eigenvalue weighted by Crippen LogP contribution is 2.25. The molecule has 40 heavy (non-hydrogen) atoms. The summed E-state index contributed by atoms with van der Waals surface area (Å²) in [5.41, 5.74) is 2.23. The van der Waals surface area contributed by atoms with Crippen LogP contribution in [0.1, 0.15) is 17.3 Å². The van der Waals surface area contributed by atoms with Crippen LogP contribution in [0, 0.1) is 0 Å². The second-order valence-electron chi connectivity index (χ2n) is 8.44. The van der Waals surface area contributed by atoms with Gasteiger partial charge in [0.05, 0.1) is 43.8 Å². The number of halogens is 1. The van der Waals surface area contributed by atoms with Crippen molar-refractivity contribution in [2.24, 2.45) is 9.98 Å². The molecule has 5 N–H and O–H groups in total. The summed E-state index contributed by atoms with van der Waals surface area (Å²) in [6.07, 6.45) is 0. The number of aliphatic imine (C=N–C) groups is 2. The third-order valence-corrected chi connectivity index (χ3v) is 5.63. The van der Waals surface area contributed by atoms with E-state index < -0.39 is 0 Å². The van der Waals surface area contributed by atoms with Crippen molar-refractivity contribution in [2.75, 3.05) is 56.8 Å². The third kappa shape index (κ3) is 11.7. The number of rotatable bonds is 14. The van der Waals surface area contributed by atoms with E-state index in [2.05, 4.69) is 31.3 Å². The van der Waals surface area contributed by atoms with Gasteiger partial charge in [-0.15, -0.1) is 0 Å². The lowest BCUT2D eigenvalue weighted by Gasteiger charge is -2.14. The summed E-state index contributed by atoms with van der Waals surface area (Å²) in [5, 5.41) is 22.3. The zero-order chi connectivity index (χ0) is 28.4. The average Bonchev–Trinajstić information content (AvgIpc) is 2.97. The molecule has 0 aliphatic carbocycles. The lowest BCUT2D eigenvalue weighted by atomic mass is 10.2. The Labute approximate surface area is 239 Å². The van der Waals surface area contributed by atoms with Crippen molar-refractivity contribution in [1.82, 2.24) is 10.6 Å². The minimum atomic E-state index is -0.120. The van der Waals surface area contributed by atoms with Crippen LogP contribution in [0.5, 0.6) is 5.75 Å². The largest absolute Gasteiger partial charge is 0.506 e. The summed E-state index contributed by atoms with van der Waals surface area (Å²) in [5.74, 6) is 0.984. The van der Waals surface area contributed by atoms with Crippen molar-refractivity contribution in [1.29, 1.82) is 0 Å². The van der Waals surface area contributed by atoms with Crippen molar-refractivity contribution in [3.63, 3.8) is 0 Å². The Balaban J connectivity index is 1.35. The van der Waals surface area contributed by atoms with Gasteiger partial charge in [-0.25, -0.2) is 4.99 Å². The van der Waals surface area contributed by atoms with Gasteiger partial charge in [-0.3, -0.25) is 9.79 Å². The van der Waals surface area contributed by atoms with Crippen LogP contribution in [0.2, 0.25) is 5.02 Å². The van der Waals surface area contributed by atoms with Crippen LogP contribution in [0.4, 0.5) is 11.4 Å². The molecule has 0 spiro atoms. The Morgan fingerprint density at radius 3 is 2.30 bits per heavy atom. The van der Waals surface area contributed by atoms with E-state index in [0.717, 1.165) is 5.69 Å². The van der Waals surface area contributed by atoms with Gasteiger partial charge < -0.3 is 35.8 Å². The van der Waals surface area contributed by atoms with Gasteiger partial charge in [-0.1, -0.05) is 48.0 Å². The van der Waals surface area contributed by atoms with Crippen molar-refractivity contribution in [2.45, 2.75) is 6.92 Å². The third-order valence-electron chi connectivity index (χ3n) is 5.33. The predicted molar refractivity (Wildman–Crippen MR) is 161 cm³/mol. The van der Waals surface area contributed by atoms with E-state index in [1.807, 2.05) is 55.5 Å². The van der Waals surface area contributed by atoms with Gasteiger partial charge in [-0.2, -0.15) is 0 Å². The molecular formula is C29H35ClN6O4. The predicted octanol–water partition coefficient (Wildman–Crippen LogP) is 4.35. The molecule has 0 atom stereocenters. The van der Waals surface area contributed by atoms with Gasteiger partial charge in [0.15, 0.2) is 0 Å². The molecule has 10 nitrogen and oxygen atoms in total. The fraction of sp³-hybridized carbons (Fsp3) is 0.276. The van der Waals surface area contributed by atoms with E-state index in [0.29, 0.717) is 69.2 Å². The Kier molecular flexibility index (Phi) is 13.3. The molecule has 0 saturated carbocycles. The molecule has 0 fully saturated rings. The number of aromatic hydroxyl groups is 1. The minimum absolute atomic E-state index is 0.00220. The number of para-hydroxylation sites is 1. The normalized spacial score (nSPS) is 11.7. The molecule has 0 radical (unpaired) electrons. The number of carbonyl (C=O) groups is 1. The van der Waals surface area contributed by atoms with Gasteiger partial charge in [0.1, 0.15) is 12.4 Å². The Bertz CT molecular complexity index is 1240. The lowest BCUT2D eigenvalue weighted by molar-refractivity contribution is 0.0512. The number of amidine groups is 1. The van der Waals surface area contributed by atoms with E-state index in [9.17, 15) is 9.90 Å². The molecule has 3 aromatic rings. The van der Waals surface area contributed by atoms with E-state index in [1.165, 1.54) is 6.07 Å². The van der Waals surface area contributed by atoms with Gasteiger partial charge in [0.25, 0.3) is 5.91 Å². The first kappa shape index (κ1) is 30.4. The number of ether oxygens (including phenoxy) is 2. The quantitative estimate of drug-likeness (QED) is 0.0849. The average molecular weight is 567 g/mol. The summed E-state index contributed by atoms with van der Waals surface area (Å²) >= 11 is 6.04. The second-order valence-corrected chi connectivity index (χ2v) is 8.84. The summed E-state index contributed by atoms with van der Waals surface area (Å²) in [7, 11) is 0. The maximum Gasteiger partial charge on any atom is 0.251 e. The molecule has 212 valence electrons. The molecule has 0 heterocycles. The van der Waals surface area contributed by atoms with E-state index in [4.69, 9.17) is 21.1 Å². The smallest absolute Gasteiger partial charge is 0.251 e. The number of amides is 1. The monoisotopic (exact) mass is 566 g/mol. The van der Waals surface area contributed by atoms with Crippen LogP contribution < -0.4 is 21.3 Å². The molecule has 0 bridgehead atoms. The van der Waals surface area contributed by atoms with Crippen LogP contribution in [0.15, 0.2) is 88.8 Å². The van der Waals surface area contributed by atoms with Gasteiger partial charge in [0.2, 0.25) is 5.96 Å². The van der Waals surface area contributed by atoms with Crippen LogP contribution in [-0.4, -0.2) is 69.0 Å². The summed E-state index contributed by atoms with van der Waals surface area (Å²) < 4.78 is 11.1. The Morgan fingerprint density at radius 2 is 1.57 bits per heavy atom. The first-order chi connectivity index (χ1) is 19.5. The number of carbonyl (C=O) groups excluding carboxylic acids is 1. The Morgan fingerprint density at radius 1 is 0.875 bits per heavy atom. The number of phenolic OH excluding ortho intramolecular Hbond substituents is 1. The van der Waals surface area contributed by atoms with E-state index in [-0.39, 0.29) is 16.7 Å². The number of hydrogen-bond acceptors (Lipinski definition) is 7. The number of nitrogens with one attached hydrogen (secondary N) is 4. The minimum Gasteiger partial charge on any atom is -0.506 e. The fourth-order valence-corrected chi connectivity index (χ4v) is 3.52. The molecule has 0 aliphatic rings. The van der Waals surface area contributed by atoms with E-state index in [1.54, 1.807) is 24.3 Å². The first-order valence-electron chi connectivity index (χ1n) is 12.9. The van der Waals surface area contributed by atoms with Crippen molar-refractivity contribution in [3.05, 3.63) is 89.4 Å². The zero-order valence-corrected chi connectivity index (χ0v) is 23.2. The highest BCUT2D eigenvalue weighted by atomic mass is 35.5. The number of phenols is 1. The molecule has 3 rings (SSSR count). The highest BCUT2D eigenvalue weighted by molar-refractivity contribution is 6.32. The SMILES string of the molecule is CC(=NCCOCCOCCNC(=O)c1ccccc1)N/C(=N\CNc1ccccc1)Nc1ccc(O)c(Cl)c1. The summed E-state index contributed by atoms with van der Waals surface area (Å²) in [4.78, 5) is 21.0. The molecule has 1 amide bonds. The van der Waals surface area contributed by atoms with Gasteiger partial charge in [0, 0.05) is 23.5 Å². The maximum atomic E-state index is 12.0. The molecular weight excluding hydrogens is 532 g/mol. The van der Waals surface area contributed by atoms with Gasteiger partial charge >= 0.3 is 0 Å². The molecule has 0 saturated heterocycles. The van der Waals surface area contributed by atoms with Crippen LogP contribution in [0.25, 0.3) is 0 Å². The van der Waals surface area contributed by atoms with Crippen molar-refractivity contribution in [3.8, 4) is 5.75 Å². The van der Waals surface area contributed by atoms with E-state index >= 15 is 0 Å². The molecule has 0 aliphatic heterocycles. The second kappa shape index (κ2) is 17.5. The highest BCUT2D eigenvalue weighted by Gasteiger charge is 2.05. The van der Waals surface area contributed by atoms with Crippen LogP contribution >= 0.6 is 11.6 Å². The maximum absolute atomic E-state index is 12.0. The molecule has 11 heteroatoms. The molecule has 0 aromatic heterocycles. The number of nitrogens with zero attached hydrogens (tertiary/aromatic N) is 2. The van der Waals surface area contributed by atoms with Crippen LogP contribution in [0.3, 0.4) is 0 Å².